The molecule has 1 aliphatic heterocycles. The minimum Gasteiger partial charge on any atom is -0.481 e. The largest absolute Gasteiger partial charge is 0.481 e. The second-order valence-electron chi connectivity index (χ2n) is 8.31. The number of aliphatic carboxylic acids is 1. The van der Waals surface area contributed by atoms with Crippen LogP contribution < -0.4 is 0 Å². The molecule has 7 nitrogen and oxygen atoms in total. The number of carboxylic acids is 1. The molecular weight excluding hydrogens is 356 g/mol. The van der Waals surface area contributed by atoms with Gasteiger partial charge >= 0.3 is 5.97 Å². The fraction of sp³-hybridized carbons (Fsp3) is 0.619. The third-order valence-corrected chi connectivity index (χ3v) is 6.38. The van der Waals surface area contributed by atoms with Gasteiger partial charge in [0.05, 0.1) is 17.2 Å². The maximum Gasteiger partial charge on any atom is 0.303 e. The second-order valence-corrected chi connectivity index (χ2v) is 8.31. The lowest BCUT2D eigenvalue weighted by atomic mass is 9.80. The fourth-order valence-corrected chi connectivity index (χ4v) is 4.87. The maximum absolute atomic E-state index is 13.0. The van der Waals surface area contributed by atoms with Crippen LogP contribution in [0.25, 0.3) is 11.0 Å². The van der Waals surface area contributed by atoms with Crippen molar-refractivity contribution in [1.82, 2.24) is 19.9 Å². The van der Waals surface area contributed by atoms with Gasteiger partial charge in [0.15, 0.2) is 0 Å². The molecule has 2 fully saturated rings. The minimum atomic E-state index is -0.768. The molecule has 2 aliphatic rings. The number of hydrogen-bond acceptors (Lipinski definition) is 4. The Bertz CT molecular complexity index is 810. The summed E-state index contributed by atoms with van der Waals surface area (Å²) in [5.74, 6) is 0.673. The van der Waals surface area contributed by atoms with Crippen LogP contribution in [-0.4, -0.2) is 49.9 Å². The zero-order valence-corrected chi connectivity index (χ0v) is 16.1. The third kappa shape index (κ3) is 4.18. The summed E-state index contributed by atoms with van der Waals surface area (Å²) in [6.07, 6.45) is 10.5. The molecule has 1 saturated carbocycles. The predicted octanol–water partition coefficient (Wildman–Crippen LogP) is 3.02. The zero-order chi connectivity index (χ0) is 19.5. The summed E-state index contributed by atoms with van der Waals surface area (Å²) in [7, 11) is 0. The van der Waals surface area contributed by atoms with Gasteiger partial charge in [-0.3, -0.25) is 14.6 Å². The van der Waals surface area contributed by atoms with E-state index in [4.69, 9.17) is 0 Å². The zero-order valence-electron chi connectivity index (χ0n) is 16.1. The van der Waals surface area contributed by atoms with E-state index in [1.165, 1.54) is 6.42 Å². The summed E-state index contributed by atoms with van der Waals surface area (Å²) in [6.45, 7) is 1.30. The van der Waals surface area contributed by atoms with Gasteiger partial charge < -0.3 is 15.0 Å². The average Bonchev–Trinajstić information content (AvgIpc) is 3.11. The van der Waals surface area contributed by atoms with Gasteiger partial charge in [0, 0.05) is 38.0 Å². The fourth-order valence-electron chi connectivity index (χ4n) is 4.87. The number of carbonyl (C=O) groups is 2. The van der Waals surface area contributed by atoms with Crippen molar-refractivity contribution in [2.75, 3.05) is 13.1 Å². The van der Waals surface area contributed by atoms with Crippen molar-refractivity contribution in [3.05, 3.63) is 24.3 Å². The molecule has 4 rings (SSSR count). The number of hydrogen-bond donors (Lipinski definition) is 2. The van der Waals surface area contributed by atoms with Crippen molar-refractivity contribution < 1.29 is 14.7 Å². The highest BCUT2D eigenvalue weighted by molar-refractivity contribution is 5.79. The molecule has 0 bridgehead atoms. The predicted molar refractivity (Wildman–Crippen MR) is 105 cm³/mol. The Labute approximate surface area is 164 Å². The number of amides is 1. The summed E-state index contributed by atoms with van der Waals surface area (Å²) in [5.41, 5.74) is 1.75. The quantitative estimate of drug-likeness (QED) is 0.825. The van der Waals surface area contributed by atoms with Crippen LogP contribution in [0.5, 0.6) is 0 Å². The number of nitrogens with zero attached hydrogens (tertiary/aromatic N) is 3. The molecule has 2 N–H and O–H groups in total. The Morgan fingerprint density at radius 3 is 2.75 bits per heavy atom. The third-order valence-electron chi connectivity index (χ3n) is 6.38. The van der Waals surface area contributed by atoms with E-state index in [0.717, 1.165) is 49.0 Å². The molecule has 0 spiro atoms. The van der Waals surface area contributed by atoms with Gasteiger partial charge in [-0.05, 0) is 37.2 Å². The number of imidazole rings is 1. The lowest BCUT2D eigenvalue weighted by Crippen LogP contribution is -2.47. The summed E-state index contributed by atoms with van der Waals surface area (Å²) >= 11 is 0. The standard InChI is InChI=1S/C21H28N4O3/c26-20(27)11-15-7-9-25(21(28)14-4-2-1-3-5-14)13-16(15)10-19-23-17-6-8-22-12-18(17)24-19/h6,8,12,14-16H,1-5,7,9-11,13H2,(H,23,24)(H,26,27)/t15-,16-/m0/s1. The van der Waals surface area contributed by atoms with E-state index < -0.39 is 5.97 Å². The number of carboxylic acid groups (broad SMARTS) is 1. The normalized spacial score (nSPS) is 23.8. The Balaban J connectivity index is 1.49. The van der Waals surface area contributed by atoms with E-state index in [1.807, 2.05) is 11.0 Å². The Hall–Kier alpha value is -2.44. The van der Waals surface area contributed by atoms with Crippen molar-refractivity contribution in [2.45, 2.75) is 51.4 Å². The van der Waals surface area contributed by atoms with Crippen LogP contribution in [0.3, 0.4) is 0 Å². The number of pyridine rings is 1. The smallest absolute Gasteiger partial charge is 0.303 e. The van der Waals surface area contributed by atoms with Crippen LogP contribution in [-0.2, 0) is 16.0 Å². The van der Waals surface area contributed by atoms with Crippen LogP contribution in [0, 0.1) is 17.8 Å². The molecule has 3 heterocycles. The Morgan fingerprint density at radius 2 is 2.00 bits per heavy atom. The van der Waals surface area contributed by atoms with Crippen molar-refractivity contribution in [2.24, 2.45) is 17.8 Å². The lowest BCUT2D eigenvalue weighted by molar-refractivity contribution is -0.141. The molecule has 2 atom stereocenters. The number of aromatic nitrogens is 3. The molecule has 0 radical (unpaired) electrons. The number of carbonyl (C=O) groups excluding carboxylic acids is 1. The second kappa shape index (κ2) is 8.29. The first-order valence-electron chi connectivity index (χ1n) is 10.4. The molecule has 2 aromatic heterocycles. The lowest BCUT2D eigenvalue weighted by Gasteiger charge is -2.40. The van der Waals surface area contributed by atoms with Crippen molar-refractivity contribution in [3.8, 4) is 0 Å². The Kier molecular flexibility index (Phi) is 5.59. The topological polar surface area (TPSA) is 99.2 Å². The summed E-state index contributed by atoms with van der Waals surface area (Å²) in [4.78, 5) is 38.4. The average molecular weight is 384 g/mol. The summed E-state index contributed by atoms with van der Waals surface area (Å²) in [5, 5.41) is 9.33. The molecule has 1 saturated heterocycles. The van der Waals surface area contributed by atoms with Crippen LogP contribution in [0.4, 0.5) is 0 Å². The van der Waals surface area contributed by atoms with Gasteiger partial charge in [-0.25, -0.2) is 4.98 Å². The summed E-state index contributed by atoms with van der Waals surface area (Å²) in [6, 6.07) is 1.86. The first kappa shape index (κ1) is 18.9. The van der Waals surface area contributed by atoms with E-state index in [-0.39, 0.29) is 30.1 Å². The monoisotopic (exact) mass is 384 g/mol. The Morgan fingerprint density at radius 1 is 1.18 bits per heavy atom. The molecule has 1 amide bonds. The number of nitrogens with one attached hydrogen (secondary N) is 1. The number of H-pyrrole nitrogens is 1. The van der Waals surface area contributed by atoms with Crippen LogP contribution >= 0.6 is 0 Å². The van der Waals surface area contributed by atoms with Gasteiger partial charge in [0.1, 0.15) is 5.82 Å². The van der Waals surface area contributed by atoms with E-state index in [1.54, 1.807) is 12.4 Å². The highest BCUT2D eigenvalue weighted by atomic mass is 16.4. The molecule has 150 valence electrons. The van der Waals surface area contributed by atoms with E-state index in [2.05, 4.69) is 15.0 Å². The minimum absolute atomic E-state index is 0.0687. The maximum atomic E-state index is 13.0. The highest BCUT2D eigenvalue weighted by Crippen LogP contribution is 2.32. The van der Waals surface area contributed by atoms with Gasteiger partial charge in [0.25, 0.3) is 0 Å². The highest BCUT2D eigenvalue weighted by Gasteiger charge is 2.35. The number of piperidine rings is 1. The molecule has 0 unspecified atom stereocenters. The number of fused-ring (bicyclic) bond motifs is 1. The van der Waals surface area contributed by atoms with Gasteiger partial charge in [-0.2, -0.15) is 0 Å². The number of aromatic amines is 1. The van der Waals surface area contributed by atoms with E-state index in [0.29, 0.717) is 19.5 Å². The van der Waals surface area contributed by atoms with Crippen LogP contribution in [0.1, 0.15) is 50.8 Å². The molecule has 2 aromatic rings. The van der Waals surface area contributed by atoms with Crippen LogP contribution in [0.15, 0.2) is 18.5 Å². The van der Waals surface area contributed by atoms with Gasteiger partial charge in [-0.1, -0.05) is 19.3 Å². The van der Waals surface area contributed by atoms with Gasteiger partial charge in [-0.15, -0.1) is 0 Å². The van der Waals surface area contributed by atoms with Gasteiger partial charge in [0.2, 0.25) is 5.91 Å². The van der Waals surface area contributed by atoms with E-state index >= 15 is 0 Å². The molecule has 0 aromatic carbocycles. The SMILES string of the molecule is O=C(O)C[C@@H]1CCN(C(=O)C2CCCCC2)C[C@@H]1Cc1nc2ccncc2[nH]1. The van der Waals surface area contributed by atoms with E-state index in [9.17, 15) is 14.7 Å². The summed E-state index contributed by atoms with van der Waals surface area (Å²) < 4.78 is 0. The van der Waals surface area contributed by atoms with Crippen molar-refractivity contribution in [3.63, 3.8) is 0 Å². The molecular formula is C21H28N4O3. The number of likely N-dealkylation sites (tertiary alicyclic amines) is 1. The molecule has 28 heavy (non-hydrogen) atoms. The first-order chi connectivity index (χ1) is 13.6. The number of rotatable bonds is 5. The molecule has 7 heteroatoms. The van der Waals surface area contributed by atoms with Crippen LogP contribution in [0.2, 0.25) is 0 Å². The van der Waals surface area contributed by atoms with Crippen molar-refractivity contribution in [1.29, 1.82) is 0 Å². The molecule has 1 aliphatic carbocycles. The first-order valence-corrected chi connectivity index (χ1v) is 10.4. The van der Waals surface area contributed by atoms with Crippen molar-refractivity contribution >= 4 is 22.9 Å².